The number of halogens is 3. The number of nitrogens with one attached hydrogen (secondary N) is 1. The highest BCUT2D eigenvalue weighted by atomic mass is 19.2. The van der Waals surface area contributed by atoms with Crippen LogP contribution in [0.3, 0.4) is 0 Å². The topological polar surface area (TPSA) is 80.3 Å². The highest BCUT2D eigenvalue weighted by Crippen LogP contribution is 2.39. The van der Waals surface area contributed by atoms with Crippen molar-refractivity contribution in [1.29, 1.82) is 0 Å². The number of hydrogen-bond acceptors (Lipinski definition) is 6. The average Bonchev–Trinajstić information content (AvgIpc) is 3.80. The minimum atomic E-state index is -1.33. The molecule has 2 unspecified atom stereocenters. The molecule has 3 heterocycles. The first kappa shape index (κ1) is 31.1. The van der Waals surface area contributed by atoms with E-state index in [2.05, 4.69) is 5.32 Å². The Balaban J connectivity index is 1.11. The summed E-state index contributed by atoms with van der Waals surface area (Å²) < 4.78 is 57.6. The van der Waals surface area contributed by atoms with E-state index < -0.39 is 23.2 Å². The molecule has 47 heavy (non-hydrogen) atoms. The Bertz CT molecular complexity index is 1730. The standard InChI is InChI=1S/C36H36F3N3O5/c1-21(43)41-18-25-16-27(24-7-4-22(5-8-24)3-2-14-45-35-29(38)12-11-28(37)34(35)39)33(30(19-41)40-25)36(44)42(26-9-10-26)17-23-6-13-31-32(15-23)47-20-46-31/h4-8,11-13,15,25-26,30,40H,2-3,9-10,14,16-20H2,1H3. The molecule has 246 valence electrons. The Labute approximate surface area is 271 Å². The van der Waals surface area contributed by atoms with E-state index in [1.54, 1.807) is 6.92 Å². The van der Waals surface area contributed by atoms with Crippen LogP contribution in [0.25, 0.3) is 5.57 Å². The monoisotopic (exact) mass is 647 g/mol. The van der Waals surface area contributed by atoms with Gasteiger partial charge < -0.3 is 29.3 Å². The molecule has 2 amide bonds. The highest BCUT2D eigenvalue weighted by Gasteiger charge is 2.43. The Hall–Kier alpha value is -4.51. The van der Waals surface area contributed by atoms with Gasteiger partial charge in [-0.3, -0.25) is 9.59 Å². The third kappa shape index (κ3) is 6.54. The second-order valence-corrected chi connectivity index (χ2v) is 12.6. The van der Waals surface area contributed by atoms with Crippen LogP contribution in [0.2, 0.25) is 0 Å². The molecule has 0 aromatic heterocycles. The van der Waals surface area contributed by atoms with Gasteiger partial charge in [-0.05, 0) is 78.6 Å². The fraction of sp³-hybridized carbons (Fsp3) is 0.389. The van der Waals surface area contributed by atoms with Gasteiger partial charge in [-0.25, -0.2) is 8.78 Å². The Kier molecular flexibility index (Phi) is 8.57. The molecular weight excluding hydrogens is 611 g/mol. The van der Waals surface area contributed by atoms with Crippen LogP contribution in [-0.2, 0) is 22.6 Å². The molecule has 3 aliphatic heterocycles. The molecular formula is C36H36F3N3O5. The summed E-state index contributed by atoms with van der Waals surface area (Å²) >= 11 is 0. The van der Waals surface area contributed by atoms with Crippen molar-refractivity contribution >= 4 is 17.4 Å². The van der Waals surface area contributed by atoms with Crippen molar-refractivity contribution in [3.8, 4) is 17.2 Å². The van der Waals surface area contributed by atoms with Gasteiger partial charge in [0.25, 0.3) is 5.91 Å². The summed E-state index contributed by atoms with van der Waals surface area (Å²) in [6.45, 7) is 3.20. The van der Waals surface area contributed by atoms with Crippen molar-refractivity contribution in [2.75, 3.05) is 26.5 Å². The normalized spacial score (nSPS) is 20.0. The van der Waals surface area contributed by atoms with Crippen molar-refractivity contribution in [3.05, 3.63) is 94.3 Å². The van der Waals surface area contributed by atoms with Crippen LogP contribution in [-0.4, -0.2) is 66.2 Å². The first-order valence-corrected chi connectivity index (χ1v) is 16.0. The lowest BCUT2D eigenvalue weighted by Crippen LogP contribution is -2.61. The van der Waals surface area contributed by atoms with E-state index in [4.69, 9.17) is 14.2 Å². The van der Waals surface area contributed by atoms with Gasteiger partial charge in [-0.15, -0.1) is 0 Å². The van der Waals surface area contributed by atoms with E-state index in [1.807, 2.05) is 52.3 Å². The molecule has 3 aromatic carbocycles. The molecule has 2 bridgehead atoms. The number of fused-ring (bicyclic) bond motifs is 3. The minimum Gasteiger partial charge on any atom is -0.488 e. The number of amides is 2. The predicted octanol–water partition coefficient (Wildman–Crippen LogP) is 5.38. The first-order chi connectivity index (χ1) is 22.7. The molecule has 2 fully saturated rings. The van der Waals surface area contributed by atoms with Gasteiger partial charge in [-0.2, -0.15) is 4.39 Å². The van der Waals surface area contributed by atoms with Crippen molar-refractivity contribution in [2.24, 2.45) is 0 Å². The van der Waals surface area contributed by atoms with Crippen LogP contribution in [0.5, 0.6) is 17.2 Å². The number of benzene rings is 3. The number of carbonyl (C=O) groups is 2. The molecule has 0 spiro atoms. The van der Waals surface area contributed by atoms with Gasteiger partial charge >= 0.3 is 0 Å². The second-order valence-electron chi connectivity index (χ2n) is 12.6. The zero-order valence-electron chi connectivity index (χ0n) is 26.1. The SMILES string of the molecule is CC(=O)N1CC2CC(c3ccc(CCCOc4c(F)ccc(F)c4F)cc3)=C(C(=O)N(Cc3ccc4c(c3)OCO4)C3CC3)C(C1)N2. The quantitative estimate of drug-likeness (QED) is 0.235. The lowest BCUT2D eigenvalue weighted by atomic mass is 9.82. The maximum Gasteiger partial charge on any atom is 0.252 e. The Morgan fingerprint density at radius 3 is 2.47 bits per heavy atom. The molecule has 3 aromatic rings. The van der Waals surface area contributed by atoms with E-state index in [0.717, 1.165) is 47.2 Å². The minimum absolute atomic E-state index is 0.00707. The van der Waals surface area contributed by atoms with Crippen LogP contribution < -0.4 is 19.5 Å². The number of rotatable bonds is 10. The van der Waals surface area contributed by atoms with Crippen molar-refractivity contribution in [1.82, 2.24) is 15.1 Å². The molecule has 1 N–H and O–H groups in total. The zero-order chi connectivity index (χ0) is 32.7. The maximum atomic E-state index is 14.6. The fourth-order valence-corrected chi connectivity index (χ4v) is 6.73. The Morgan fingerprint density at radius 2 is 1.70 bits per heavy atom. The lowest BCUT2D eigenvalue weighted by Gasteiger charge is -2.44. The molecule has 2 atom stereocenters. The van der Waals surface area contributed by atoms with Gasteiger partial charge in [0.2, 0.25) is 18.5 Å². The summed E-state index contributed by atoms with van der Waals surface area (Å²) in [6.07, 6.45) is 3.52. The molecule has 0 radical (unpaired) electrons. The summed E-state index contributed by atoms with van der Waals surface area (Å²) in [5.41, 5.74) is 4.58. The summed E-state index contributed by atoms with van der Waals surface area (Å²) in [5, 5.41) is 3.62. The fourth-order valence-electron chi connectivity index (χ4n) is 6.73. The van der Waals surface area contributed by atoms with Crippen LogP contribution in [0.4, 0.5) is 13.2 Å². The van der Waals surface area contributed by atoms with Gasteiger partial charge in [0.1, 0.15) is 0 Å². The molecule has 7 rings (SSSR count). The summed E-state index contributed by atoms with van der Waals surface area (Å²) in [6, 6.07) is 15.2. The summed E-state index contributed by atoms with van der Waals surface area (Å²) in [5.74, 6) is -2.80. The van der Waals surface area contributed by atoms with Crippen molar-refractivity contribution in [2.45, 2.75) is 63.7 Å². The number of ether oxygens (including phenoxy) is 3. The second kappa shape index (κ2) is 12.9. The van der Waals surface area contributed by atoms with E-state index >= 15 is 0 Å². The lowest BCUT2D eigenvalue weighted by molar-refractivity contribution is -0.132. The van der Waals surface area contributed by atoms with Crippen LogP contribution in [0, 0.1) is 17.5 Å². The van der Waals surface area contributed by atoms with Crippen LogP contribution >= 0.6 is 0 Å². The van der Waals surface area contributed by atoms with Crippen LogP contribution in [0.1, 0.15) is 49.3 Å². The van der Waals surface area contributed by atoms with Crippen molar-refractivity contribution in [3.63, 3.8) is 0 Å². The molecule has 4 aliphatic rings. The smallest absolute Gasteiger partial charge is 0.252 e. The number of aryl methyl sites for hydroxylation is 1. The van der Waals surface area contributed by atoms with E-state index in [-0.39, 0.29) is 43.3 Å². The number of piperazine rings is 1. The highest BCUT2D eigenvalue weighted by molar-refractivity contribution is 6.03. The van der Waals surface area contributed by atoms with Gasteiger partial charge in [-0.1, -0.05) is 30.3 Å². The molecule has 1 saturated carbocycles. The van der Waals surface area contributed by atoms with Gasteiger partial charge in [0.05, 0.1) is 12.6 Å². The zero-order valence-corrected chi connectivity index (χ0v) is 26.1. The van der Waals surface area contributed by atoms with E-state index in [1.165, 1.54) is 0 Å². The number of carbonyl (C=O) groups excluding carboxylic acids is 2. The third-order valence-corrected chi connectivity index (χ3v) is 9.28. The van der Waals surface area contributed by atoms with E-state index in [9.17, 15) is 22.8 Å². The molecule has 1 aliphatic carbocycles. The van der Waals surface area contributed by atoms with Crippen molar-refractivity contribution < 1.29 is 37.0 Å². The van der Waals surface area contributed by atoms with E-state index in [0.29, 0.717) is 56.0 Å². The third-order valence-electron chi connectivity index (χ3n) is 9.28. The molecule has 11 heteroatoms. The maximum absolute atomic E-state index is 14.6. The predicted molar refractivity (Wildman–Crippen MR) is 167 cm³/mol. The summed E-state index contributed by atoms with van der Waals surface area (Å²) in [4.78, 5) is 30.8. The van der Waals surface area contributed by atoms with Crippen LogP contribution in [0.15, 0.2) is 60.2 Å². The Morgan fingerprint density at radius 1 is 0.957 bits per heavy atom. The average molecular weight is 648 g/mol. The largest absolute Gasteiger partial charge is 0.488 e. The number of hydrogen-bond donors (Lipinski definition) is 1. The number of nitrogens with zero attached hydrogens (tertiary/aromatic N) is 2. The molecule has 1 saturated heterocycles. The van der Waals surface area contributed by atoms with Gasteiger partial charge in [0, 0.05) is 44.2 Å². The summed E-state index contributed by atoms with van der Waals surface area (Å²) in [7, 11) is 0. The van der Waals surface area contributed by atoms with Gasteiger partial charge in [0.15, 0.2) is 28.9 Å². The molecule has 8 nitrogen and oxygen atoms in total. The first-order valence-electron chi connectivity index (χ1n) is 16.0.